The Kier molecular flexibility index (Phi) is 4.39. The van der Waals surface area contributed by atoms with Gasteiger partial charge in [0, 0.05) is 18.6 Å². The van der Waals surface area contributed by atoms with Crippen LogP contribution in [0.4, 0.5) is 4.79 Å². The molecule has 1 atom stereocenters. The number of carbonyl (C=O) groups is 1. The van der Waals surface area contributed by atoms with Crippen LogP contribution in [0.15, 0.2) is 0 Å². The van der Waals surface area contributed by atoms with Crippen molar-refractivity contribution in [1.29, 1.82) is 0 Å². The van der Waals surface area contributed by atoms with Gasteiger partial charge in [-0.2, -0.15) is 0 Å². The summed E-state index contributed by atoms with van der Waals surface area (Å²) in [6, 6.07) is 0.745. The second kappa shape index (κ2) is 5.70. The average Bonchev–Trinajstić information content (AvgIpc) is 2.76. The SMILES string of the molecule is CC(C)(C)OC(=O)N1CCC[C@@H]1C1CCC(N)CC1. The molecule has 1 heterocycles. The highest BCUT2D eigenvalue weighted by molar-refractivity contribution is 5.69. The Morgan fingerprint density at radius 1 is 1.16 bits per heavy atom. The van der Waals surface area contributed by atoms with Gasteiger partial charge in [0.25, 0.3) is 0 Å². The van der Waals surface area contributed by atoms with E-state index in [1.165, 1.54) is 0 Å². The summed E-state index contributed by atoms with van der Waals surface area (Å²) in [6.45, 7) is 6.63. The second-order valence-corrected chi connectivity index (χ2v) is 7.06. The molecule has 2 aliphatic rings. The van der Waals surface area contributed by atoms with Crippen molar-refractivity contribution in [2.24, 2.45) is 11.7 Å². The molecule has 1 amide bonds. The number of hydrogen-bond acceptors (Lipinski definition) is 3. The van der Waals surface area contributed by atoms with E-state index in [4.69, 9.17) is 10.5 Å². The molecular formula is C15H28N2O2. The Morgan fingerprint density at radius 3 is 2.37 bits per heavy atom. The monoisotopic (exact) mass is 268 g/mol. The van der Waals surface area contributed by atoms with E-state index in [0.717, 1.165) is 45.1 Å². The predicted octanol–water partition coefficient (Wildman–Crippen LogP) is 2.90. The van der Waals surface area contributed by atoms with Crippen LogP contribution in [0.2, 0.25) is 0 Å². The molecule has 0 radical (unpaired) electrons. The molecule has 0 aromatic heterocycles. The summed E-state index contributed by atoms with van der Waals surface area (Å²) in [7, 11) is 0. The lowest BCUT2D eigenvalue weighted by atomic mass is 9.81. The molecule has 0 aromatic rings. The normalized spacial score (nSPS) is 32.4. The number of nitrogens with two attached hydrogens (primary N) is 1. The molecule has 0 unspecified atom stereocenters. The first-order valence-corrected chi connectivity index (χ1v) is 7.62. The minimum atomic E-state index is -0.404. The van der Waals surface area contributed by atoms with Gasteiger partial charge in [0.05, 0.1) is 0 Å². The highest BCUT2D eigenvalue weighted by Crippen LogP contribution is 2.34. The van der Waals surface area contributed by atoms with Gasteiger partial charge in [-0.15, -0.1) is 0 Å². The quantitative estimate of drug-likeness (QED) is 0.795. The zero-order valence-electron chi connectivity index (χ0n) is 12.5. The van der Waals surface area contributed by atoms with Crippen molar-refractivity contribution in [3.8, 4) is 0 Å². The van der Waals surface area contributed by atoms with Gasteiger partial charge < -0.3 is 15.4 Å². The average molecular weight is 268 g/mol. The lowest BCUT2D eigenvalue weighted by molar-refractivity contribution is 0.0154. The van der Waals surface area contributed by atoms with Crippen LogP contribution in [0.5, 0.6) is 0 Å². The minimum absolute atomic E-state index is 0.134. The Hall–Kier alpha value is -0.770. The van der Waals surface area contributed by atoms with E-state index in [1.807, 2.05) is 25.7 Å². The molecular weight excluding hydrogens is 240 g/mol. The number of nitrogens with zero attached hydrogens (tertiary/aromatic N) is 1. The van der Waals surface area contributed by atoms with Crippen LogP contribution in [-0.4, -0.2) is 35.2 Å². The number of rotatable bonds is 1. The van der Waals surface area contributed by atoms with Crippen molar-refractivity contribution in [1.82, 2.24) is 4.90 Å². The largest absolute Gasteiger partial charge is 0.444 e. The molecule has 2 fully saturated rings. The van der Waals surface area contributed by atoms with Crippen LogP contribution in [0, 0.1) is 5.92 Å². The molecule has 110 valence electrons. The number of hydrogen-bond donors (Lipinski definition) is 1. The summed E-state index contributed by atoms with van der Waals surface area (Å²) >= 11 is 0. The molecule has 0 aromatic carbocycles. The van der Waals surface area contributed by atoms with Crippen LogP contribution < -0.4 is 5.73 Å². The van der Waals surface area contributed by atoms with Crippen molar-refractivity contribution >= 4 is 6.09 Å². The van der Waals surface area contributed by atoms with Gasteiger partial charge in [0.15, 0.2) is 0 Å². The third kappa shape index (κ3) is 3.85. The maximum Gasteiger partial charge on any atom is 0.410 e. The van der Waals surface area contributed by atoms with Gasteiger partial charge in [-0.1, -0.05) is 0 Å². The Bertz CT molecular complexity index is 317. The Morgan fingerprint density at radius 2 is 1.79 bits per heavy atom. The lowest BCUT2D eigenvalue weighted by Gasteiger charge is -2.36. The molecule has 0 spiro atoms. The maximum atomic E-state index is 12.3. The van der Waals surface area contributed by atoms with Gasteiger partial charge in [0.2, 0.25) is 0 Å². The molecule has 4 heteroatoms. The lowest BCUT2D eigenvalue weighted by Crippen LogP contribution is -2.44. The first-order valence-electron chi connectivity index (χ1n) is 7.62. The highest BCUT2D eigenvalue weighted by atomic mass is 16.6. The molecule has 1 aliphatic carbocycles. The van der Waals surface area contributed by atoms with Crippen molar-refractivity contribution in [2.75, 3.05) is 6.54 Å². The van der Waals surface area contributed by atoms with E-state index in [2.05, 4.69) is 0 Å². The molecule has 2 rings (SSSR count). The number of ether oxygens (including phenoxy) is 1. The van der Waals surface area contributed by atoms with Crippen molar-refractivity contribution in [3.05, 3.63) is 0 Å². The molecule has 0 bridgehead atoms. The summed E-state index contributed by atoms with van der Waals surface area (Å²) < 4.78 is 5.53. The maximum absolute atomic E-state index is 12.3. The molecule has 1 aliphatic heterocycles. The van der Waals surface area contributed by atoms with Crippen molar-refractivity contribution < 1.29 is 9.53 Å². The van der Waals surface area contributed by atoms with E-state index in [9.17, 15) is 4.79 Å². The summed E-state index contributed by atoms with van der Waals surface area (Å²) in [5.74, 6) is 0.620. The van der Waals surface area contributed by atoms with E-state index in [1.54, 1.807) is 0 Å². The molecule has 1 saturated carbocycles. The van der Waals surface area contributed by atoms with Crippen molar-refractivity contribution in [2.45, 2.75) is 77.0 Å². The van der Waals surface area contributed by atoms with Crippen LogP contribution in [-0.2, 0) is 4.74 Å². The fourth-order valence-corrected chi connectivity index (χ4v) is 3.36. The first kappa shape index (κ1) is 14.6. The summed E-state index contributed by atoms with van der Waals surface area (Å²) in [5, 5.41) is 0. The molecule has 1 saturated heterocycles. The van der Waals surface area contributed by atoms with Crippen LogP contribution >= 0.6 is 0 Å². The van der Waals surface area contributed by atoms with Gasteiger partial charge in [-0.05, 0) is 65.2 Å². The second-order valence-electron chi connectivity index (χ2n) is 7.06. The summed E-state index contributed by atoms with van der Waals surface area (Å²) in [5.41, 5.74) is 5.56. The zero-order valence-corrected chi connectivity index (χ0v) is 12.5. The van der Waals surface area contributed by atoms with Crippen LogP contribution in [0.1, 0.15) is 59.3 Å². The third-order valence-corrected chi connectivity index (χ3v) is 4.29. The zero-order chi connectivity index (χ0) is 14.0. The first-order chi connectivity index (χ1) is 8.87. The van der Waals surface area contributed by atoms with Gasteiger partial charge in [0.1, 0.15) is 5.60 Å². The number of likely N-dealkylation sites (tertiary alicyclic amines) is 1. The fraction of sp³-hybridized carbons (Fsp3) is 0.933. The summed E-state index contributed by atoms with van der Waals surface area (Å²) in [4.78, 5) is 14.2. The Labute approximate surface area is 116 Å². The van der Waals surface area contributed by atoms with Gasteiger partial charge in [-0.3, -0.25) is 0 Å². The smallest absolute Gasteiger partial charge is 0.410 e. The third-order valence-electron chi connectivity index (χ3n) is 4.29. The van der Waals surface area contributed by atoms with Crippen LogP contribution in [0.25, 0.3) is 0 Å². The summed E-state index contributed by atoms with van der Waals surface area (Å²) in [6.07, 6.45) is 6.61. The van der Waals surface area contributed by atoms with E-state index in [-0.39, 0.29) is 6.09 Å². The Balaban J connectivity index is 1.95. The van der Waals surface area contributed by atoms with E-state index < -0.39 is 5.60 Å². The van der Waals surface area contributed by atoms with Gasteiger partial charge in [-0.25, -0.2) is 4.79 Å². The number of carbonyl (C=O) groups excluding carboxylic acids is 1. The number of amides is 1. The van der Waals surface area contributed by atoms with E-state index >= 15 is 0 Å². The predicted molar refractivity (Wildman–Crippen MR) is 75.9 cm³/mol. The topological polar surface area (TPSA) is 55.6 Å². The fourth-order valence-electron chi connectivity index (χ4n) is 3.36. The molecule has 4 nitrogen and oxygen atoms in total. The molecule has 2 N–H and O–H groups in total. The van der Waals surface area contributed by atoms with E-state index in [0.29, 0.717) is 18.0 Å². The van der Waals surface area contributed by atoms with Gasteiger partial charge >= 0.3 is 6.09 Å². The molecule has 19 heavy (non-hydrogen) atoms. The van der Waals surface area contributed by atoms with Crippen molar-refractivity contribution in [3.63, 3.8) is 0 Å². The minimum Gasteiger partial charge on any atom is -0.444 e. The van der Waals surface area contributed by atoms with Crippen LogP contribution in [0.3, 0.4) is 0 Å². The standard InChI is InChI=1S/C15H28N2O2/c1-15(2,3)19-14(18)17-10-4-5-13(17)11-6-8-12(16)9-7-11/h11-13H,4-10,16H2,1-3H3/t11?,12?,13-/m1/s1. The highest BCUT2D eigenvalue weighted by Gasteiger charge is 2.37.